The molecule has 198 valence electrons. The van der Waals surface area contributed by atoms with E-state index in [2.05, 4.69) is 32.3 Å². The summed E-state index contributed by atoms with van der Waals surface area (Å²) in [5.41, 5.74) is 3.89. The highest BCUT2D eigenvalue weighted by atomic mass is 19.4. The van der Waals surface area contributed by atoms with E-state index < -0.39 is 12.7 Å². The van der Waals surface area contributed by atoms with Crippen molar-refractivity contribution in [2.75, 3.05) is 18.4 Å². The summed E-state index contributed by atoms with van der Waals surface area (Å²) in [4.78, 5) is 22.3. The van der Waals surface area contributed by atoms with Gasteiger partial charge in [0.2, 0.25) is 5.95 Å². The number of benzene rings is 1. The van der Waals surface area contributed by atoms with Crippen LogP contribution in [0.1, 0.15) is 41.7 Å². The summed E-state index contributed by atoms with van der Waals surface area (Å²) in [6.45, 7) is 6.55. The van der Waals surface area contributed by atoms with E-state index in [0.717, 1.165) is 11.1 Å². The molecule has 2 aromatic heterocycles. The second-order valence-electron chi connectivity index (χ2n) is 9.03. The van der Waals surface area contributed by atoms with Crippen LogP contribution in [0.25, 0.3) is 11.3 Å². The predicted octanol–water partition coefficient (Wildman–Crippen LogP) is 4.75. The van der Waals surface area contributed by atoms with Gasteiger partial charge in [0.15, 0.2) is 0 Å². The van der Waals surface area contributed by atoms with Gasteiger partial charge < -0.3 is 15.5 Å². The second-order valence-corrected chi connectivity index (χ2v) is 9.03. The lowest BCUT2D eigenvalue weighted by molar-refractivity contribution is -0.134. The van der Waals surface area contributed by atoms with E-state index in [-0.39, 0.29) is 24.5 Å². The number of alkyl halides is 3. The first-order valence-electron chi connectivity index (χ1n) is 12.0. The molecule has 0 radical (unpaired) electrons. The van der Waals surface area contributed by atoms with Gasteiger partial charge in [0.25, 0.3) is 5.91 Å². The average molecular weight is 525 g/mol. The van der Waals surface area contributed by atoms with E-state index in [1.54, 1.807) is 47.5 Å². The van der Waals surface area contributed by atoms with Crippen LogP contribution in [0.3, 0.4) is 0 Å². The molecule has 3 heterocycles. The Morgan fingerprint density at radius 1 is 1.26 bits per heavy atom. The van der Waals surface area contributed by atoms with E-state index in [1.807, 2.05) is 19.9 Å². The van der Waals surface area contributed by atoms with E-state index in [0.29, 0.717) is 41.4 Å². The minimum atomic E-state index is -4.26. The number of aryl methyl sites for hydroxylation is 1. The third-order valence-corrected chi connectivity index (χ3v) is 6.33. The molecule has 3 aromatic rings. The van der Waals surface area contributed by atoms with Crippen molar-refractivity contribution in [2.24, 2.45) is 0 Å². The first-order chi connectivity index (χ1) is 18.1. The number of nitrogens with zero attached hydrogens (tertiary/aromatic N) is 6. The van der Waals surface area contributed by atoms with E-state index in [9.17, 15) is 18.0 Å². The lowest BCUT2D eigenvalue weighted by Gasteiger charge is -2.16. The van der Waals surface area contributed by atoms with Crippen molar-refractivity contribution in [3.05, 3.63) is 66.3 Å². The zero-order valence-corrected chi connectivity index (χ0v) is 21.0. The van der Waals surface area contributed by atoms with Gasteiger partial charge in [0.1, 0.15) is 13.1 Å². The Morgan fingerprint density at radius 3 is 2.66 bits per heavy atom. The SMILES string of the molecule is C=C1C(CC(CC)n2cc(Nc3ncc(C)c(-c4ccc(C(=O)NCC#N)cc4)n3)cn2)N1CC(F)(F)F. The molecule has 0 bridgehead atoms. The van der Waals surface area contributed by atoms with Crippen LogP contribution in [0.15, 0.2) is 55.1 Å². The molecule has 9 nitrogen and oxygen atoms in total. The van der Waals surface area contributed by atoms with Crippen LogP contribution in [0, 0.1) is 18.3 Å². The summed E-state index contributed by atoms with van der Waals surface area (Å²) in [5, 5.41) is 18.7. The van der Waals surface area contributed by atoms with Crippen molar-refractivity contribution >= 4 is 17.5 Å². The number of halogens is 3. The molecule has 0 saturated carbocycles. The van der Waals surface area contributed by atoms with Gasteiger partial charge in [-0.15, -0.1) is 0 Å². The molecule has 38 heavy (non-hydrogen) atoms. The molecule has 4 rings (SSSR count). The second kappa shape index (κ2) is 10.9. The maximum Gasteiger partial charge on any atom is 0.405 e. The smallest absolute Gasteiger partial charge is 0.356 e. The van der Waals surface area contributed by atoms with Gasteiger partial charge in [0, 0.05) is 29.2 Å². The lowest BCUT2D eigenvalue weighted by atomic mass is 10.1. The van der Waals surface area contributed by atoms with Gasteiger partial charge >= 0.3 is 6.18 Å². The van der Waals surface area contributed by atoms with Crippen LogP contribution >= 0.6 is 0 Å². The maximum absolute atomic E-state index is 12.8. The first kappa shape index (κ1) is 26.7. The monoisotopic (exact) mass is 524 g/mol. The third kappa shape index (κ3) is 6.29. The molecule has 1 aliphatic rings. The molecule has 0 spiro atoms. The summed E-state index contributed by atoms with van der Waals surface area (Å²) in [6, 6.07) is 8.34. The van der Waals surface area contributed by atoms with Crippen molar-refractivity contribution in [3.8, 4) is 17.3 Å². The molecule has 2 atom stereocenters. The van der Waals surface area contributed by atoms with E-state index in [4.69, 9.17) is 5.26 Å². The number of aromatic nitrogens is 4. The summed E-state index contributed by atoms with van der Waals surface area (Å²) in [7, 11) is 0. The van der Waals surface area contributed by atoms with Gasteiger partial charge in [0.05, 0.1) is 35.7 Å². The fraction of sp³-hybridized carbons (Fsp3) is 0.346. The Labute approximate surface area is 218 Å². The highest BCUT2D eigenvalue weighted by Gasteiger charge is 2.46. The normalized spacial score (nSPS) is 15.6. The van der Waals surface area contributed by atoms with Gasteiger partial charge in [-0.3, -0.25) is 9.48 Å². The van der Waals surface area contributed by atoms with Gasteiger partial charge in [-0.1, -0.05) is 25.6 Å². The number of hydrogen-bond donors (Lipinski definition) is 2. The maximum atomic E-state index is 12.8. The molecule has 0 aliphatic carbocycles. The minimum absolute atomic E-state index is 0.0669. The van der Waals surface area contributed by atoms with E-state index in [1.165, 1.54) is 4.90 Å². The van der Waals surface area contributed by atoms with Crippen LogP contribution in [-0.4, -0.2) is 55.9 Å². The molecule has 2 N–H and O–H groups in total. The summed E-state index contributed by atoms with van der Waals surface area (Å²) in [6.07, 6.45) is 2.01. The van der Waals surface area contributed by atoms with Crippen molar-refractivity contribution in [2.45, 2.75) is 44.9 Å². The number of anilines is 2. The van der Waals surface area contributed by atoms with Crippen molar-refractivity contribution in [1.82, 2.24) is 30.0 Å². The number of carbonyl (C=O) groups excluding carboxylic acids is 1. The van der Waals surface area contributed by atoms with Crippen LogP contribution in [-0.2, 0) is 0 Å². The summed E-state index contributed by atoms with van der Waals surface area (Å²) < 4.78 is 40.0. The van der Waals surface area contributed by atoms with Crippen LogP contribution in [0.2, 0.25) is 0 Å². The van der Waals surface area contributed by atoms with Crippen LogP contribution < -0.4 is 10.6 Å². The Bertz CT molecular complexity index is 1360. The number of amides is 1. The number of hydrogen-bond acceptors (Lipinski definition) is 7. The Morgan fingerprint density at radius 2 is 2.00 bits per heavy atom. The number of rotatable bonds is 10. The number of nitriles is 1. The Hall–Kier alpha value is -4.40. The quantitative estimate of drug-likeness (QED) is 0.291. The number of nitrogens with one attached hydrogen (secondary N) is 2. The molecule has 12 heteroatoms. The van der Waals surface area contributed by atoms with Crippen LogP contribution in [0.5, 0.6) is 0 Å². The molecule has 2 unspecified atom stereocenters. The minimum Gasteiger partial charge on any atom is -0.356 e. The average Bonchev–Trinajstić information content (AvgIpc) is 3.24. The Balaban J connectivity index is 1.43. The largest absolute Gasteiger partial charge is 0.405 e. The molecule has 1 aliphatic heterocycles. The first-order valence-corrected chi connectivity index (χ1v) is 12.0. The van der Waals surface area contributed by atoms with Gasteiger partial charge in [-0.05, 0) is 37.5 Å². The third-order valence-electron chi connectivity index (χ3n) is 6.33. The molecular formula is C26H27F3N8O. The summed E-state index contributed by atoms with van der Waals surface area (Å²) >= 11 is 0. The topological polar surface area (TPSA) is 112 Å². The zero-order valence-electron chi connectivity index (χ0n) is 21.0. The van der Waals surface area contributed by atoms with Crippen molar-refractivity contribution < 1.29 is 18.0 Å². The lowest BCUT2D eigenvalue weighted by Crippen LogP contribution is -2.23. The molecule has 1 fully saturated rings. The fourth-order valence-corrected chi connectivity index (χ4v) is 4.25. The molecule has 1 aromatic carbocycles. The number of carbonyl (C=O) groups is 1. The molecule has 1 amide bonds. The van der Waals surface area contributed by atoms with Gasteiger partial charge in [-0.25, -0.2) is 9.97 Å². The predicted molar refractivity (Wildman–Crippen MR) is 135 cm³/mol. The van der Waals surface area contributed by atoms with Crippen molar-refractivity contribution in [1.29, 1.82) is 5.26 Å². The fourth-order valence-electron chi connectivity index (χ4n) is 4.25. The van der Waals surface area contributed by atoms with Crippen molar-refractivity contribution in [3.63, 3.8) is 0 Å². The molecule has 1 saturated heterocycles. The zero-order chi connectivity index (χ0) is 27.4. The highest BCUT2D eigenvalue weighted by molar-refractivity contribution is 5.94. The van der Waals surface area contributed by atoms with Crippen LogP contribution in [0.4, 0.5) is 24.8 Å². The summed E-state index contributed by atoms with van der Waals surface area (Å²) in [5.74, 6) is 0.0160. The standard InChI is InChI=1S/C26H27F3N8O/c1-4-21(11-22-17(3)36(22)15-26(27,28)29)37-14-20(13-33-37)34-25-32-12-16(2)23(35-25)18-5-7-19(8-6-18)24(38)31-10-9-30/h5-8,12-14,21-22H,3-4,10-11,15H2,1-2H3,(H,31,38)(H,32,34,35). The van der Waals surface area contributed by atoms with E-state index >= 15 is 0 Å². The highest BCUT2D eigenvalue weighted by Crippen LogP contribution is 2.40. The molecular weight excluding hydrogens is 497 g/mol. The Kier molecular flexibility index (Phi) is 7.66. The van der Waals surface area contributed by atoms with Gasteiger partial charge in [-0.2, -0.15) is 23.5 Å².